The Morgan fingerprint density at radius 3 is 2.91 bits per heavy atom. The van der Waals surface area contributed by atoms with Crippen molar-refractivity contribution in [3.8, 4) is 0 Å². The lowest BCUT2D eigenvalue weighted by molar-refractivity contribution is 0.778. The zero-order valence-corrected chi connectivity index (χ0v) is 6.88. The van der Waals surface area contributed by atoms with E-state index in [0.717, 1.165) is 12.1 Å². The summed E-state index contributed by atoms with van der Waals surface area (Å²) in [4.78, 5) is 4.19. The predicted molar refractivity (Wildman–Crippen MR) is 47.3 cm³/mol. The Labute approximate surface area is 67.5 Å². The molecule has 2 nitrogen and oxygen atoms in total. The molecule has 0 saturated carbocycles. The Kier molecular flexibility index (Phi) is 2.90. The third-order valence-corrected chi connectivity index (χ3v) is 1.61. The quantitative estimate of drug-likeness (QED) is 0.715. The number of unbranched alkanes of at least 4 members (excludes halogenated alkanes) is 1. The number of nitrogen functional groups attached to an aromatic ring is 1. The van der Waals surface area contributed by atoms with Gasteiger partial charge in [0.25, 0.3) is 0 Å². The lowest BCUT2D eigenvalue weighted by atomic mass is 10.2. The van der Waals surface area contributed by atoms with E-state index in [1.165, 1.54) is 12.8 Å². The summed E-state index contributed by atoms with van der Waals surface area (Å²) in [5, 5.41) is 0. The number of hydrogen-bond donors (Lipinski definition) is 1. The van der Waals surface area contributed by atoms with Gasteiger partial charge in [0, 0.05) is 5.69 Å². The molecular formula is C9H14N2. The molecule has 0 fully saturated rings. The molecule has 11 heavy (non-hydrogen) atoms. The van der Waals surface area contributed by atoms with E-state index in [2.05, 4.69) is 11.9 Å². The standard InChI is InChI=1S/C9H14N2/c1-2-3-5-8-6-4-7-9(10)11-8/h4,6-7H,2-3,5H2,1H3,(H2,10,11). The molecule has 2 N–H and O–H groups in total. The zero-order valence-electron chi connectivity index (χ0n) is 6.88. The second kappa shape index (κ2) is 3.96. The highest BCUT2D eigenvalue weighted by molar-refractivity contribution is 5.28. The first kappa shape index (κ1) is 8.05. The molecule has 0 aliphatic carbocycles. The van der Waals surface area contributed by atoms with Crippen LogP contribution in [0.25, 0.3) is 0 Å². The van der Waals surface area contributed by atoms with Crippen molar-refractivity contribution in [1.29, 1.82) is 0 Å². The van der Waals surface area contributed by atoms with E-state index in [4.69, 9.17) is 5.73 Å². The number of nitrogens with two attached hydrogens (primary N) is 1. The van der Waals surface area contributed by atoms with Crippen LogP contribution in [0.2, 0.25) is 0 Å². The van der Waals surface area contributed by atoms with Crippen LogP contribution in [0.5, 0.6) is 0 Å². The minimum Gasteiger partial charge on any atom is -0.384 e. The molecule has 0 bridgehead atoms. The van der Waals surface area contributed by atoms with Crippen LogP contribution < -0.4 is 5.73 Å². The summed E-state index contributed by atoms with van der Waals surface area (Å²) in [6.07, 6.45) is 3.44. The largest absolute Gasteiger partial charge is 0.384 e. The molecule has 0 radical (unpaired) electrons. The summed E-state index contributed by atoms with van der Waals surface area (Å²) in [5.41, 5.74) is 6.62. The van der Waals surface area contributed by atoms with Gasteiger partial charge >= 0.3 is 0 Å². The van der Waals surface area contributed by atoms with Gasteiger partial charge in [-0.25, -0.2) is 4.98 Å². The van der Waals surface area contributed by atoms with Crippen molar-refractivity contribution in [2.75, 3.05) is 5.73 Å². The number of hydrogen-bond acceptors (Lipinski definition) is 2. The number of nitrogens with zero attached hydrogens (tertiary/aromatic N) is 1. The van der Waals surface area contributed by atoms with E-state index in [1.54, 1.807) is 0 Å². The molecule has 0 saturated heterocycles. The Balaban J connectivity index is 2.56. The van der Waals surface area contributed by atoms with Crippen LogP contribution in [0.3, 0.4) is 0 Å². The first-order valence-corrected chi connectivity index (χ1v) is 4.04. The monoisotopic (exact) mass is 150 g/mol. The third kappa shape index (κ3) is 2.58. The van der Waals surface area contributed by atoms with Gasteiger partial charge in [-0.1, -0.05) is 19.4 Å². The highest BCUT2D eigenvalue weighted by atomic mass is 14.8. The fraction of sp³-hybridized carbons (Fsp3) is 0.444. The zero-order chi connectivity index (χ0) is 8.10. The Morgan fingerprint density at radius 2 is 2.27 bits per heavy atom. The molecule has 0 aliphatic heterocycles. The van der Waals surface area contributed by atoms with Crippen LogP contribution in [0.1, 0.15) is 25.5 Å². The lowest BCUT2D eigenvalue weighted by Gasteiger charge is -1.98. The van der Waals surface area contributed by atoms with Gasteiger partial charge in [0.15, 0.2) is 0 Å². The summed E-state index contributed by atoms with van der Waals surface area (Å²) in [6.45, 7) is 2.17. The van der Waals surface area contributed by atoms with E-state index in [0.29, 0.717) is 5.82 Å². The van der Waals surface area contributed by atoms with E-state index in [1.807, 2.05) is 18.2 Å². The van der Waals surface area contributed by atoms with Crippen LogP contribution >= 0.6 is 0 Å². The molecule has 1 rings (SSSR count). The van der Waals surface area contributed by atoms with Gasteiger partial charge in [-0.05, 0) is 25.0 Å². The fourth-order valence-electron chi connectivity index (χ4n) is 0.995. The minimum absolute atomic E-state index is 0.624. The van der Waals surface area contributed by atoms with Crippen molar-refractivity contribution < 1.29 is 0 Å². The lowest BCUT2D eigenvalue weighted by Crippen LogP contribution is -1.94. The number of pyridine rings is 1. The summed E-state index contributed by atoms with van der Waals surface area (Å²) >= 11 is 0. The summed E-state index contributed by atoms with van der Waals surface area (Å²) in [7, 11) is 0. The van der Waals surface area contributed by atoms with Crippen molar-refractivity contribution in [1.82, 2.24) is 4.98 Å². The first-order chi connectivity index (χ1) is 5.33. The van der Waals surface area contributed by atoms with Crippen molar-refractivity contribution in [2.24, 2.45) is 0 Å². The molecule has 0 aromatic carbocycles. The van der Waals surface area contributed by atoms with E-state index in [9.17, 15) is 0 Å². The predicted octanol–water partition coefficient (Wildman–Crippen LogP) is 2.01. The van der Waals surface area contributed by atoms with E-state index >= 15 is 0 Å². The molecule has 0 aliphatic rings. The first-order valence-electron chi connectivity index (χ1n) is 4.04. The average molecular weight is 150 g/mol. The van der Waals surface area contributed by atoms with Crippen LogP contribution in [0, 0.1) is 0 Å². The summed E-state index contributed by atoms with van der Waals surface area (Å²) < 4.78 is 0. The molecule has 2 heteroatoms. The van der Waals surface area contributed by atoms with Gasteiger partial charge in [-0.15, -0.1) is 0 Å². The smallest absolute Gasteiger partial charge is 0.123 e. The Morgan fingerprint density at radius 1 is 1.45 bits per heavy atom. The van der Waals surface area contributed by atoms with Crippen molar-refractivity contribution >= 4 is 5.82 Å². The maximum absolute atomic E-state index is 5.52. The summed E-state index contributed by atoms with van der Waals surface area (Å²) in [5.74, 6) is 0.624. The molecule has 0 atom stereocenters. The molecule has 1 aromatic heterocycles. The second-order valence-corrected chi connectivity index (χ2v) is 2.66. The van der Waals surface area contributed by atoms with Gasteiger partial charge in [-0.3, -0.25) is 0 Å². The topological polar surface area (TPSA) is 38.9 Å². The van der Waals surface area contributed by atoms with Gasteiger partial charge < -0.3 is 5.73 Å². The minimum atomic E-state index is 0.624. The third-order valence-electron chi connectivity index (χ3n) is 1.61. The Bertz CT molecular complexity index is 221. The maximum Gasteiger partial charge on any atom is 0.123 e. The average Bonchev–Trinajstić information content (AvgIpc) is 2.01. The molecular weight excluding hydrogens is 136 g/mol. The van der Waals surface area contributed by atoms with E-state index < -0.39 is 0 Å². The van der Waals surface area contributed by atoms with Crippen LogP contribution in [-0.2, 0) is 6.42 Å². The van der Waals surface area contributed by atoms with Crippen molar-refractivity contribution in [3.05, 3.63) is 23.9 Å². The highest BCUT2D eigenvalue weighted by Crippen LogP contribution is 2.04. The van der Waals surface area contributed by atoms with E-state index in [-0.39, 0.29) is 0 Å². The van der Waals surface area contributed by atoms with Crippen LogP contribution in [0.15, 0.2) is 18.2 Å². The normalized spacial score (nSPS) is 9.91. The number of aromatic nitrogens is 1. The highest BCUT2D eigenvalue weighted by Gasteiger charge is 1.92. The molecule has 0 spiro atoms. The Hall–Kier alpha value is -1.05. The number of rotatable bonds is 3. The van der Waals surface area contributed by atoms with Crippen molar-refractivity contribution in [2.45, 2.75) is 26.2 Å². The van der Waals surface area contributed by atoms with Crippen LogP contribution in [0.4, 0.5) is 5.82 Å². The maximum atomic E-state index is 5.52. The van der Waals surface area contributed by atoms with Gasteiger partial charge in [0.1, 0.15) is 5.82 Å². The number of aryl methyl sites for hydroxylation is 1. The van der Waals surface area contributed by atoms with Gasteiger partial charge in [0.05, 0.1) is 0 Å². The number of anilines is 1. The molecule has 0 amide bonds. The van der Waals surface area contributed by atoms with Gasteiger partial charge in [-0.2, -0.15) is 0 Å². The second-order valence-electron chi connectivity index (χ2n) is 2.66. The van der Waals surface area contributed by atoms with Gasteiger partial charge in [0.2, 0.25) is 0 Å². The fourth-order valence-corrected chi connectivity index (χ4v) is 0.995. The summed E-state index contributed by atoms with van der Waals surface area (Å²) in [6, 6.07) is 5.79. The van der Waals surface area contributed by atoms with Crippen LogP contribution in [-0.4, -0.2) is 4.98 Å². The molecule has 60 valence electrons. The molecule has 1 heterocycles. The SMILES string of the molecule is CCCCc1cccc(N)n1. The van der Waals surface area contributed by atoms with Crippen molar-refractivity contribution in [3.63, 3.8) is 0 Å². The molecule has 1 aromatic rings. The molecule has 0 unspecified atom stereocenters.